The molecule has 2 aliphatic rings. The summed E-state index contributed by atoms with van der Waals surface area (Å²) in [4.78, 5) is 36.5. The van der Waals surface area contributed by atoms with Gasteiger partial charge in [-0.1, -0.05) is 35.7 Å². The molecule has 3 aromatic rings. The summed E-state index contributed by atoms with van der Waals surface area (Å²) in [6.45, 7) is 2.94. The molecular weight excluding hydrogens is 561 g/mol. The van der Waals surface area contributed by atoms with Gasteiger partial charge in [0.1, 0.15) is 11.9 Å². The van der Waals surface area contributed by atoms with E-state index in [4.69, 9.17) is 23.2 Å². The largest absolute Gasteiger partial charge is 0.369 e. The van der Waals surface area contributed by atoms with Gasteiger partial charge in [-0.25, -0.2) is 9.19 Å². The average Bonchev–Trinajstić information content (AvgIpc) is 2.89. The number of aromatic nitrogens is 2. The number of carbonyl (C=O) groups is 1. The van der Waals surface area contributed by atoms with E-state index < -0.39 is 11.1 Å². The summed E-state index contributed by atoms with van der Waals surface area (Å²) in [5, 5.41) is 1.01. The maximum absolute atomic E-state index is 13.3. The summed E-state index contributed by atoms with van der Waals surface area (Å²) in [6.07, 6.45) is 4.55. The summed E-state index contributed by atoms with van der Waals surface area (Å²) in [6, 6.07) is 10.8. The van der Waals surface area contributed by atoms with Gasteiger partial charge in [-0.3, -0.25) is 19.1 Å². The Morgan fingerprint density at radius 1 is 1.13 bits per heavy atom. The number of hydrogen-bond acceptors (Lipinski definition) is 6. The van der Waals surface area contributed by atoms with Crippen LogP contribution in [0.5, 0.6) is 0 Å². The minimum atomic E-state index is -1.87. The number of carbonyl (C=O) groups excluding carboxylic acids is 1. The van der Waals surface area contributed by atoms with E-state index in [9.17, 15) is 18.4 Å². The van der Waals surface area contributed by atoms with E-state index in [1.165, 1.54) is 15.8 Å². The molecule has 1 aromatic heterocycles. The van der Waals surface area contributed by atoms with Crippen molar-refractivity contribution in [2.45, 2.75) is 37.7 Å². The molecule has 5 rings (SSSR count). The molecule has 0 bridgehead atoms. The highest BCUT2D eigenvalue weighted by molar-refractivity contribution is 7.79. The van der Waals surface area contributed by atoms with Crippen LogP contribution in [0.4, 0.5) is 5.69 Å². The maximum atomic E-state index is 13.3. The van der Waals surface area contributed by atoms with Crippen molar-refractivity contribution in [3.63, 3.8) is 0 Å². The molecule has 2 atom stereocenters. The van der Waals surface area contributed by atoms with Gasteiger partial charge in [0.2, 0.25) is 5.91 Å². The van der Waals surface area contributed by atoms with Crippen molar-refractivity contribution in [2.24, 2.45) is 5.92 Å². The van der Waals surface area contributed by atoms with Gasteiger partial charge in [0.15, 0.2) is 11.1 Å². The molecule has 2 fully saturated rings. The molecule has 12 heteroatoms. The lowest BCUT2D eigenvalue weighted by Gasteiger charge is -2.43. The Morgan fingerprint density at radius 2 is 1.87 bits per heavy atom. The van der Waals surface area contributed by atoms with Gasteiger partial charge in [-0.15, -0.1) is 0 Å². The van der Waals surface area contributed by atoms with Gasteiger partial charge in [0, 0.05) is 45.5 Å². The number of hydrogen-bond donors (Lipinski definition) is 1. The van der Waals surface area contributed by atoms with Crippen molar-refractivity contribution in [3.05, 3.63) is 68.7 Å². The first-order valence-corrected chi connectivity index (χ1v) is 14.9. The van der Waals surface area contributed by atoms with Crippen LogP contribution >= 0.6 is 23.2 Å². The summed E-state index contributed by atoms with van der Waals surface area (Å²) in [7, 11) is 1.67. The van der Waals surface area contributed by atoms with Crippen LogP contribution in [0.25, 0.3) is 10.9 Å². The van der Waals surface area contributed by atoms with Gasteiger partial charge in [0.25, 0.3) is 5.56 Å². The lowest BCUT2D eigenvalue weighted by molar-refractivity contribution is -0.131. The molecule has 1 N–H and O–H groups in total. The van der Waals surface area contributed by atoms with Crippen molar-refractivity contribution < 1.29 is 13.6 Å². The molecule has 208 valence electrons. The molecule has 9 nitrogen and oxygen atoms in total. The Labute approximate surface area is 239 Å². The topological polar surface area (TPSA) is 99.0 Å². The maximum Gasteiger partial charge on any atom is 0.261 e. The highest BCUT2D eigenvalue weighted by atomic mass is 35.5. The molecular formula is C27H31Cl2N5O4S. The minimum Gasteiger partial charge on any atom is -0.369 e. The monoisotopic (exact) mass is 591 g/mol. The van der Waals surface area contributed by atoms with Crippen molar-refractivity contribution in [1.29, 1.82) is 0 Å². The van der Waals surface area contributed by atoms with E-state index in [1.807, 2.05) is 18.2 Å². The highest BCUT2D eigenvalue weighted by Crippen LogP contribution is 2.34. The first-order chi connectivity index (χ1) is 18.7. The van der Waals surface area contributed by atoms with Crippen molar-refractivity contribution >= 4 is 56.8 Å². The van der Waals surface area contributed by atoms with Gasteiger partial charge in [-0.05, 0) is 54.7 Å². The van der Waals surface area contributed by atoms with E-state index in [-0.39, 0.29) is 23.4 Å². The second kappa shape index (κ2) is 11.9. The Morgan fingerprint density at radius 3 is 2.51 bits per heavy atom. The number of benzene rings is 2. The van der Waals surface area contributed by atoms with E-state index in [0.717, 1.165) is 30.5 Å². The minimum absolute atomic E-state index is 0.136. The lowest BCUT2D eigenvalue weighted by Crippen LogP contribution is -2.54. The number of likely N-dealkylation sites (N-methyl/N-ethyl adjacent to an activating group) is 1. The summed E-state index contributed by atoms with van der Waals surface area (Å²) >= 11 is 10.2. The molecule has 1 aliphatic heterocycles. The molecule has 1 saturated heterocycles. The molecule has 0 spiro atoms. The standard InChI is InChI=1S/C27H31Cl2N5O4S/c1-31(15-18-5-7-22(28)23(29)13-18)25(35)16-34-17-30-24-8-6-20(14-21(24)26(34)36)32-9-11-33(12-10-32)27(39(37)38)19-3-2-4-19/h5-8,13-14,17,19,27H,2-4,9-12,15-16H2,1H3,(H,37,38). The normalized spacial score (nSPS) is 18.1. The van der Waals surface area contributed by atoms with Gasteiger partial charge in [-0.2, -0.15) is 0 Å². The van der Waals surface area contributed by atoms with Crippen LogP contribution in [0.15, 0.2) is 47.5 Å². The second-order valence-corrected chi connectivity index (χ2v) is 12.1. The highest BCUT2D eigenvalue weighted by Gasteiger charge is 2.37. The first kappa shape index (κ1) is 28.0. The zero-order valence-corrected chi connectivity index (χ0v) is 24.0. The Hall–Kier alpha value is -2.50. The summed E-state index contributed by atoms with van der Waals surface area (Å²) in [5.41, 5.74) is 2.01. The predicted octanol–water partition coefficient (Wildman–Crippen LogP) is 3.83. The molecule has 2 heterocycles. The van der Waals surface area contributed by atoms with E-state index in [2.05, 4.69) is 14.8 Å². The molecule has 2 aromatic carbocycles. The van der Waals surface area contributed by atoms with Crippen LogP contribution in [-0.2, 0) is 29.0 Å². The Balaban J connectivity index is 1.27. The molecule has 2 unspecified atom stereocenters. The molecule has 1 aliphatic carbocycles. The Kier molecular flexibility index (Phi) is 8.58. The van der Waals surface area contributed by atoms with Crippen LogP contribution < -0.4 is 10.5 Å². The van der Waals surface area contributed by atoms with Crippen molar-refractivity contribution in [2.75, 3.05) is 38.1 Å². The fourth-order valence-electron chi connectivity index (χ4n) is 5.27. The molecule has 0 radical (unpaired) electrons. The summed E-state index contributed by atoms with van der Waals surface area (Å²) in [5.74, 6) is 0.0530. The van der Waals surface area contributed by atoms with E-state index in [0.29, 0.717) is 59.6 Å². The van der Waals surface area contributed by atoms with Crippen molar-refractivity contribution in [3.8, 4) is 0 Å². The number of piperazine rings is 1. The predicted molar refractivity (Wildman–Crippen MR) is 155 cm³/mol. The third-order valence-electron chi connectivity index (χ3n) is 7.74. The number of rotatable bonds is 8. The smallest absolute Gasteiger partial charge is 0.261 e. The third kappa shape index (κ3) is 6.15. The van der Waals surface area contributed by atoms with Gasteiger partial charge >= 0.3 is 0 Å². The average molecular weight is 593 g/mol. The number of halogens is 2. The summed E-state index contributed by atoms with van der Waals surface area (Å²) < 4.78 is 23.2. The van der Waals surface area contributed by atoms with E-state index >= 15 is 0 Å². The van der Waals surface area contributed by atoms with Crippen LogP contribution in [0.3, 0.4) is 0 Å². The van der Waals surface area contributed by atoms with Gasteiger partial charge < -0.3 is 14.4 Å². The van der Waals surface area contributed by atoms with Crippen molar-refractivity contribution in [1.82, 2.24) is 19.4 Å². The fourth-order valence-corrected chi connectivity index (χ4v) is 6.66. The zero-order valence-electron chi connectivity index (χ0n) is 21.6. The third-order valence-corrected chi connectivity index (χ3v) is 9.58. The first-order valence-electron chi connectivity index (χ1n) is 13.0. The number of fused-ring (bicyclic) bond motifs is 1. The van der Waals surface area contributed by atoms with Crippen LogP contribution in [-0.4, -0.2) is 72.6 Å². The Bertz CT molecular complexity index is 1460. The molecule has 1 saturated carbocycles. The number of anilines is 1. The number of amides is 1. The number of nitrogens with zero attached hydrogens (tertiary/aromatic N) is 5. The van der Waals surface area contributed by atoms with Crippen LogP contribution in [0.1, 0.15) is 24.8 Å². The zero-order chi connectivity index (χ0) is 27.7. The molecule has 39 heavy (non-hydrogen) atoms. The van der Waals surface area contributed by atoms with Crippen LogP contribution in [0.2, 0.25) is 10.0 Å². The quantitative estimate of drug-likeness (QED) is 0.397. The van der Waals surface area contributed by atoms with E-state index in [1.54, 1.807) is 25.2 Å². The second-order valence-electron chi connectivity index (χ2n) is 10.3. The van der Waals surface area contributed by atoms with Crippen LogP contribution in [0, 0.1) is 5.92 Å². The lowest BCUT2D eigenvalue weighted by atomic mass is 9.84. The fraction of sp³-hybridized carbons (Fsp3) is 0.444. The van der Waals surface area contributed by atoms with Gasteiger partial charge in [0.05, 0.1) is 27.3 Å². The SMILES string of the molecule is CN(Cc1ccc(Cl)c(Cl)c1)C(=O)Cn1cnc2ccc(N3CCN(C(C4CCC4)S(=O)O)CC3)cc2c1=O. The molecule has 1 amide bonds.